The van der Waals surface area contributed by atoms with Crippen molar-refractivity contribution in [1.29, 1.82) is 0 Å². The van der Waals surface area contributed by atoms with Gasteiger partial charge in [-0.3, -0.25) is 0 Å². The van der Waals surface area contributed by atoms with Crippen LogP contribution in [0, 0.1) is 0 Å². The first kappa shape index (κ1) is 16.0. The maximum absolute atomic E-state index is 11.3. The van der Waals surface area contributed by atoms with Crippen molar-refractivity contribution < 1.29 is 8.42 Å². The summed E-state index contributed by atoms with van der Waals surface area (Å²) in [6.45, 7) is 4.59. The molecule has 1 aromatic rings. The first-order chi connectivity index (χ1) is 9.07. The van der Waals surface area contributed by atoms with Gasteiger partial charge in [-0.2, -0.15) is 0 Å². The summed E-state index contributed by atoms with van der Waals surface area (Å²) in [4.78, 5) is 0. The summed E-state index contributed by atoms with van der Waals surface area (Å²) in [5.41, 5.74) is 2.43. The van der Waals surface area contributed by atoms with Gasteiger partial charge in [-0.1, -0.05) is 32.4 Å². The lowest BCUT2D eigenvalue weighted by Gasteiger charge is -2.07. The molecule has 0 saturated heterocycles. The van der Waals surface area contributed by atoms with Crippen LogP contribution in [0.25, 0.3) is 0 Å². The number of nitrogens with one attached hydrogen (secondary N) is 1. The average molecular weight is 283 g/mol. The van der Waals surface area contributed by atoms with Crippen LogP contribution in [0.3, 0.4) is 0 Å². The molecule has 0 aliphatic rings. The number of benzene rings is 1. The number of anilines is 1. The molecule has 0 fully saturated rings. The Balaban J connectivity index is 2.30. The van der Waals surface area contributed by atoms with Gasteiger partial charge in [-0.05, 0) is 37.0 Å². The van der Waals surface area contributed by atoms with Gasteiger partial charge in [0.05, 0.1) is 5.75 Å². The van der Waals surface area contributed by atoms with Crippen LogP contribution in [0.15, 0.2) is 24.3 Å². The van der Waals surface area contributed by atoms with Gasteiger partial charge in [-0.25, -0.2) is 8.42 Å². The first-order valence-corrected chi connectivity index (χ1v) is 8.92. The van der Waals surface area contributed by atoms with Crippen LogP contribution in [0.2, 0.25) is 0 Å². The number of unbranched alkanes of at least 4 members (excludes halogenated alkanes) is 1. The van der Waals surface area contributed by atoms with E-state index in [2.05, 4.69) is 36.5 Å². The molecule has 0 radical (unpaired) electrons. The van der Waals surface area contributed by atoms with E-state index in [4.69, 9.17) is 0 Å². The van der Waals surface area contributed by atoms with E-state index in [-0.39, 0.29) is 11.5 Å². The molecule has 0 unspecified atom stereocenters. The van der Waals surface area contributed by atoms with Crippen LogP contribution >= 0.6 is 0 Å². The lowest BCUT2D eigenvalue weighted by molar-refractivity contribution is 0.595. The minimum atomic E-state index is -2.83. The van der Waals surface area contributed by atoms with Gasteiger partial charge in [-0.15, -0.1) is 0 Å². The number of aryl methyl sites for hydroxylation is 1. The Morgan fingerprint density at radius 3 is 2.32 bits per heavy atom. The fourth-order valence-corrected chi connectivity index (χ4v) is 2.71. The Kier molecular flexibility index (Phi) is 6.92. The minimum absolute atomic E-state index is 0.235. The third kappa shape index (κ3) is 6.62. The molecular formula is C15H25NO2S. The van der Waals surface area contributed by atoms with Crippen LogP contribution < -0.4 is 5.32 Å². The fourth-order valence-electron chi connectivity index (χ4n) is 1.84. The largest absolute Gasteiger partial charge is 0.385 e. The van der Waals surface area contributed by atoms with E-state index in [1.54, 1.807) is 6.92 Å². The molecule has 0 aromatic heterocycles. The van der Waals surface area contributed by atoms with Gasteiger partial charge in [0.15, 0.2) is 0 Å². The Bertz CT molecular complexity index is 452. The Labute approximate surface area is 117 Å². The third-order valence-corrected chi connectivity index (χ3v) is 4.96. The summed E-state index contributed by atoms with van der Waals surface area (Å²) in [5.74, 6) is 0.504. The van der Waals surface area contributed by atoms with E-state index in [0.717, 1.165) is 12.1 Å². The summed E-state index contributed by atoms with van der Waals surface area (Å²) < 4.78 is 22.7. The van der Waals surface area contributed by atoms with E-state index in [1.165, 1.54) is 18.4 Å². The van der Waals surface area contributed by atoms with Crippen molar-refractivity contribution >= 4 is 15.5 Å². The third-order valence-electron chi connectivity index (χ3n) is 3.17. The molecule has 3 nitrogen and oxygen atoms in total. The molecule has 0 amide bonds. The molecule has 0 aliphatic carbocycles. The van der Waals surface area contributed by atoms with Crippen LogP contribution in [0.1, 0.15) is 38.7 Å². The molecular weight excluding hydrogens is 258 g/mol. The Morgan fingerprint density at radius 2 is 1.74 bits per heavy atom. The molecule has 0 aliphatic heterocycles. The van der Waals surface area contributed by atoms with E-state index < -0.39 is 9.84 Å². The molecule has 108 valence electrons. The van der Waals surface area contributed by atoms with E-state index in [0.29, 0.717) is 13.0 Å². The van der Waals surface area contributed by atoms with E-state index in [9.17, 15) is 8.42 Å². The molecule has 19 heavy (non-hydrogen) atoms. The Morgan fingerprint density at radius 1 is 1.05 bits per heavy atom. The number of hydrogen-bond acceptors (Lipinski definition) is 3. The van der Waals surface area contributed by atoms with Crippen molar-refractivity contribution in [3.05, 3.63) is 29.8 Å². The van der Waals surface area contributed by atoms with Gasteiger partial charge in [0.25, 0.3) is 0 Å². The lowest BCUT2D eigenvalue weighted by Crippen LogP contribution is -2.12. The van der Waals surface area contributed by atoms with Crippen LogP contribution in [0.5, 0.6) is 0 Å². The zero-order valence-corrected chi connectivity index (χ0v) is 12.8. The predicted octanol–water partition coefficient (Wildman–Crippen LogP) is 3.27. The normalized spacial score (nSPS) is 11.5. The SMILES string of the molecule is CCCCc1ccc(NCCCS(=O)(=O)CC)cc1. The summed E-state index contributed by atoms with van der Waals surface area (Å²) in [6, 6.07) is 8.42. The summed E-state index contributed by atoms with van der Waals surface area (Å²) >= 11 is 0. The van der Waals surface area contributed by atoms with Gasteiger partial charge in [0.1, 0.15) is 9.84 Å². The Hall–Kier alpha value is -1.03. The topological polar surface area (TPSA) is 46.2 Å². The lowest BCUT2D eigenvalue weighted by atomic mass is 10.1. The number of rotatable bonds is 9. The highest BCUT2D eigenvalue weighted by Gasteiger charge is 2.05. The van der Waals surface area contributed by atoms with Crippen molar-refractivity contribution in [2.75, 3.05) is 23.4 Å². The summed E-state index contributed by atoms with van der Waals surface area (Å²) in [5, 5.41) is 3.26. The zero-order chi connectivity index (χ0) is 14.1. The van der Waals surface area contributed by atoms with Gasteiger partial charge < -0.3 is 5.32 Å². The zero-order valence-electron chi connectivity index (χ0n) is 12.0. The van der Waals surface area contributed by atoms with Gasteiger partial charge in [0.2, 0.25) is 0 Å². The van der Waals surface area contributed by atoms with E-state index in [1.807, 2.05) is 0 Å². The van der Waals surface area contributed by atoms with Crippen LogP contribution in [0.4, 0.5) is 5.69 Å². The minimum Gasteiger partial charge on any atom is -0.385 e. The van der Waals surface area contributed by atoms with Crippen molar-refractivity contribution in [3.63, 3.8) is 0 Å². The van der Waals surface area contributed by atoms with Gasteiger partial charge >= 0.3 is 0 Å². The van der Waals surface area contributed by atoms with Crippen molar-refractivity contribution in [3.8, 4) is 0 Å². The second-order valence-electron chi connectivity index (χ2n) is 4.82. The van der Waals surface area contributed by atoms with Crippen molar-refractivity contribution in [2.24, 2.45) is 0 Å². The molecule has 1 rings (SSSR count). The number of hydrogen-bond donors (Lipinski definition) is 1. The standard InChI is InChI=1S/C15H25NO2S/c1-3-5-7-14-8-10-15(11-9-14)16-12-6-13-19(17,18)4-2/h8-11,16H,3-7,12-13H2,1-2H3. The van der Waals surface area contributed by atoms with Crippen LogP contribution in [-0.4, -0.2) is 26.5 Å². The van der Waals surface area contributed by atoms with Crippen LogP contribution in [-0.2, 0) is 16.3 Å². The molecule has 1 N–H and O–H groups in total. The monoisotopic (exact) mass is 283 g/mol. The molecule has 0 spiro atoms. The smallest absolute Gasteiger partial charge is 0.150 e. The molecule has 0 heterocycles. The summed E-state index contributed by atoms with van der Waals surface area (Å²) in [7, 11) is -2.83. The quantitative estimate of drug-likeness (QED) is 0.708. The average Bonchev–Trinajstić information content (AvgIpc) is 2.42. The maximum Gasteiger partial charge on any atom is 0.150 e. The molecule has 0 bridgehead atoms. The number of sulfone groups is 1. The summed E-state index contributed by atoms with van der Waals surface area (Å²) in [6.07, 6.45) is 4.23. The van der Waals surface area contributed by atoms with E-state index >= 15 is 0 Å². The first-order valence-electron chi connectivity index (χ1n) is 7.10. The molecule has 0 atom stereocenters. The highest BCUT2D eigenvalue weighted by Crippen LogP contribution is 2.11. The molecule has 4 heteroatoms. The van der Waals surface area contributed by atoms with Gasteiger partial charge in [0, 0.05) is 18.0 Å². The van der Waals surface area contributed by atoms with Crippen molar-refractivity contribution in [2.45, 2.75) is 39.5 Å². The highest BCUT2D eigenvalue weighted by molar-refractivity contribution is 7.91. The highest BCUT2D eigenvalue weighted by atomic mass is 32.2. The maximum atomic E-state index is 11.3. The fraction of sp³-hybridized carbons (Fsp3) is 0.600. The van der Waals surface area contributed by atoms with Crippen molar-refractivity contribution in [1.82, 2.24) is 0 Å². The molecule has 0 saturated carbocycles. The predicted molar refractivity (Wildman–Crippen MR) is 82.5 cm³/mol. The second-order valence-corrected chi connectivity index (χ2v) is 7.29. The second kappa shape index (κ2) is 8.20. The molecule has 1 aromatic carbocycles.